The lowest BCUT2D eigenvalue weighted by Crippen LogP contribution is -2.36. The van der Waals surface area contributed by atoms with Crippen LogP contribution < -0.4 is 0 Å². The lowest BCUT2D eigenvalue weighted by molar-refractivity contribution is -0.129. The summed E-state index contributed by atoms with van der Waals surface area (Å²) in [5, 5.41) is 0. The van der Waals surface area contributed by atoms with Gasteiger partial charge >= 0.3 is 6.09 Å². The molecule has 0 aromatic heterocycles. The molecule has 1 aliphatic heterocycles. The van der Waals surface area contributed by atoms with Crippen LogP contribution in [-0.2, 0) is 32.2 Å². The lowest BCUT2D eigenvalue weighted by Gasteiger charge is -2.24. The molecule has 2 aromatic carbocycles. The molecule has 6 nitrogen and oxygen atoms in total. The third-order valence-electron chi connectivity index (χ3n) is 4.29. The van der Waals surface area contributed by atoms with E-state index in [-0.39, 0.29) is 12.2 Å². The molecule has 0 spiro atoms. The molecule has 0 N–H and O–H groups in total. The van der Waals surface area contributed by atoms with Crippen molar-refractivity contribution in [2.24, 2.45) is 0 Å². The first-order valence-electron chi connectivity index (χ1n) is 10.1. The van der Waals surface area contributed by atoms with Gasteiger partial charge in [-0.15, -0.1) is 0 Å². The molecule has 162 valence electrons. The molecule has 1 aliphatic rings. The molecule has 1 atom stereocenters. The van der Waals surface area contributed by atoms with Gasteiger partial charge < -0.3 is 19.1 Å². The van der Waals surface area contributed by atoms with E-state index in [9.17, 15) is 9.59 Å². The summed E-state index contributed by atoms with van der Waals surface area (Å²) in [6.07, 6.45) is 0.720. The SMILES string of the molecule is CC(C)(C)OC(=O)N1CCC(OCc2ccccc2)C1.O=COCc1ccccc1. The third-order valence-corrected chi connectivity index (χ3v) is 4.29. The van der Waals surface area contributed by atoms with E-state index in [1.165, 1.54) is 0 Å². The molecule has 1 heterocycles. The summed E-state index contributed by atoms with van der Waals surface area (Å²) in [4.78, 5) is 23.4. The number of hydrogen-bond donors (Lipinski definition) is 0. The second-order valence-electron chi connectivity index (χ2n) is 8.03. The molecule has 30 heavy (non-hydrogen) atoms. The highest BCUT2D eigenvalue weighted by Gasteiger charge is 2.30. The van der Waals surface area contributed by atoms with E-state index in [4.69, 9.17) is 9.47 Å². The number of carbonyl (C=O) groups excluding carboxylic acids is 2. The first-order chi connectivity index (χ1) is 14.4. The Labute approximate surface area is 178 Å². The molecule has 0 radical (unpaired) electrons. The second-order valence-corrected chi connectivity index (χ2v) is 8.03. The van der Waals surface area contributed by atoms with Gasteiger partial charge in [0.25, 0.3) is 6.47 Å². The minimum absolute atomic E-state index is 0.0997. The Morgan fingerprint density at radius 2 is 1.57 bits per heavy atom. The molecule has 1 fully saturated rings. The van der Waals surface area contributed by atoms with Gasteiger partial charge in [0, 0.05) is 6.54 Å². The fraction of sp³-hybridized carbons (Fsp3) is 0.417. The van der Waals surface area contributed by atoms with Crippen LogP contribution in [0.3, 0.4) is 0 Å². The van der Waals surface area contributed by atoms with Crippen LogP contribution in [0.25, 0.3) is 0 Å². The van der Waals surface area contributed by atoms with Crippen molar-refractivity contribution in [1.82, 2.24) is 4.90 Å². The number of nitrogens with zero attached hydrogens (tertiary/aromatic N) is 1. The summed E-state index contributed by atoms with van der Waals surface area (Å²) in [7, 11) is 0. The van der Waals surface area contributed by atoms with E-state index < -0.39 is 5.60 Å². The van der Waals surface area contributed by atoms with Crippen molar-refractivity contribution in [3.05, 3.63) is 71.8 Å². The van der Waals surface area contributed by atoms with Crippen LogP contribution in [0.15, 0.2) is 60.7 Å². The van der Waals surface area contributed by atoms with Crippen molar-refractivity contribution < 1.29 is 23.8 Å². The van der Waals surface area contributed by atoms with Crippen molar-refractivity contribution in [3.63, 3.8) is 0 Å². The Kier molecular flexibility index (Phi) is 9.35. The van der Waals surface area contributed by atoms with Crippen molar-refractivity contribution in [2.75, 3.05) is 13.1 Å². The first-order valence-corrected chi connectivity index (χ1v) is 10.1. The molecule has 1 unspecified atom stereocenters. The van der Waals surface area contributed by atoms with Crippen LogP contribution in [0, 0.1) is 0 Å². The number of hydrogen-bond acceptors (Lipinski definition) is 5. The molecule has 0 saturated carbocycles. The first kappa shape index (κ1) is 23.4. The number of ether oxygens (including phenoxy) is 3. The van der Waals surface area contributed by atoms with Crippen LogP contribution in [-0.4, -0.2) is 42.3 Å². The highest BCUT2D eigenvalue weighted by Crippen LogP contribution is 2.18. The molecular formula is C24H31NO5. The summed E-state index contributed by atoms with van der Waals surface area (Å²) in [6.45, 7) is 8.36. The highest BCUT2D eigenvalue weighted by atomic mass is 16.6. The Morgan fingerprint density at radius 3 is 2.10 bits per heavy atom. The van der Waals surface area contributed by atoms with Gasteiger partial charge in [-0.25, -0.2) is 4.79 Å². The minimum Gasteiger partial charge on any atom is -0.463 e. The quantitative estimate of drug-likeness (QED) is 0.649. The van der Waals surface area contributed by atoms with Crippen molar-refractivity contribution >= 4 is 12.6 Å². The van der Waals surface area contributed by atoms with Crippen LogP contribution >= 0.6 is 0 Å². The maximum Gasteiger partial charge on any atom is 0.410 e. The zero-order valence-electron chi connectivity index (χ0n) is 18.0. The summed E-state index contributed by atoms with van der Waals surface area (Å²) < 4.78 is 15.8. The normalized spacial score (nSPS) is 15.7. The van der Waals surface area contributed by atoms with E-state index >= 15 is 0 Å². The van der Waals surface area contributed by atoms with E-state index in [1.807, 2.05) is 81.4 Å². The van der Waals surface area contributed by atoms with Gasteiger partial charge in [-0.1, -0.05) is 60.7 Å². The molecule has 3 rings (SSSR count). The van der Waals surface area contributed by atoms with Crippen LogP contribution in [0.1, 0.15) is 38.3 Å². The smallest absolute Gasteiger partial charge is 0.410 e. The van der Waals surface area contributed by atoms with Gasteiger partial charge in [-0.3, -0.25) is 4.79 Å². The van der Waals surface area contributed by atoms with Gasteiger partial charge in [0.15, 0.2) is 0 Å². The van der Waals surface area contributed by atoms with Gasteiger partial charge in [0.2, 0.25) is 0 Å². The number of benzene rings is 2. The van der Waals surface area contributed by atoms with Gasteiger partial charge in [-0.05, 0) is 38.3 Å². The number of carbonyl (C=O) groups is 2. The number of amides is 1. The highest BCUT2D eigenvalue weighted by molar-refractivity contribution is 5.68. The fourth-order valence-electron chi connectivity index (χ4n) is 2.85. The van der Waals surface area contributed by atoms with Crippen LogP contribution in [0.4, 0.5) is 4.79 Å². The monoisotopic (exact) mass is 413 g/mol. The second kappa shape index (κ2) is 12.0. The average Bonchev–Trinajstić information content (AvgIpc) is 3.21. The number of rotatable bonds is 6. The summed E-state index contributed by atoms with van der Waals surface area (Å²) in [5.74, 6) is 0. The Balaban J connectivity index is 0.000000269. The van der Waals surface area contributed by atoms with Crippen molar-refractivity contribution in [1.29, 1.82) is 0 Å². The Bertz CT molecular complexity index is 758. The topological polar surface area (TPSA) is 65.1 Å². The summed E-state index contributed by atoms with van der Waals surface area (Å²) in [5.41, 5.74) is 1.72. The molecule has 2 aromatic rings. The zero-order valence-corrected chi connectivity index (χ0v) is 18.0. The molecule has 0 bridgehead atoms. The van der Waals surface area contributed by atoms with Gasteiger partial charge in [0.05, 0.1) is 19.3 Å². The van der Waals surface area contributed by atoms with Crippen molar-refractivity contribution in [3.8, 4) is 0 Å². The van der Waals surface area contributed by atoms with Crippen molar-refractivity contribution in [2.45, 2.75) is 52.1 Å². The largest absolute Gasteiger partial charge is 0.463 e. The molecule has 0 aliphatic carbocycles. The molecule has 1 saturated heterocycles. The third kappa shape index (κ3) is 9.09. The lowest BCUT2D eigenvalue weighted by atomic mass is 10.2. The predicted octanol–water partition coefficient (Wildman–Crippen LogP) is 4.57. The number of likely N-dealkylation sites (tertiary alicyclic amines) is 1. The van der Waals surface area contributed by atoms with E-state index in [2.05, 4.69) is 4.74 Å². The minimum atomic E-state index is -0.444. The van der Waals surface area contributed by atoms with E-state index in [0.29, 0.717) is 32.8 Å². The molecule has 1 amide bonds. The van der Waals surface area contributed by atoms with E-state index in [1.54, 1.807) is 4.90 Å². The van der Waals surface area contributed by atoms with E-state index in [0.717, 1.165) is 17.5 Å². The summed E-state index contributed by atoms with van der Waals surface area (Å²) >= 11 is 0. The van der Waals surface area contributed by atoms with Gasteiger partial charge in [0.1, 0.15) is 12.2 Å². The fourth-order valence-corrected chi connectivity index (χ4v) is 2.85. The standard InChI is InChI=1S/C16H23NO3.C8H8O2/c1-16(2,3)20-15(18)17-10-9-14(11-17)19-12-13-7-5-4-6-8-13;9-7-10-6-8-4-2-1-3-5-8/h4-8,14H,9-12H2,1-3H3;1-5,7H,6H2. The predicted molar refractivity (Wildman–Crippen MR) is 115 cm³/mol. The Morgan fingerprint density at radius 1 is 1.00 bits per heavy atom. The van der Waals surface area contributed by atoms with Crippen LogP contribution in [0.2, 0.25) is 0 Å². The molecular weight excluding hydrogens is 382 g/mol. The Hall–Kier alpha value is -2.86. The molecule has 6 heteroatoms. The zero-order chi connectivity index (χ0) is 21.8. The van der Waals surface area contributed by atoms with Crippen LogP contribution in [0.5, 0.6) is 0 Å². The van der Waals surface area contributed by atoms with Gasteiger partial charge in [-0.2, -0.15) is 0 Å². The maximum atomic E-state index is 11.9. The summed E-state index contributed by atoms with van der Waals surface area (Å²) in [6, 6.07) is 19.6. The average molecular weight is 414 g/mol. The maximum absolute atomic E-state index is 11.9.